The van der Waals surface area contributed by atoms with Crippen LogP contribution in [-0.2, 0) is 9.53 Å². The Balaban J connectivity index is 2.43. The van der Waals surface area contributed by atoms with Gasteiger partial charge in [-0.3, -0.25) is 0 Å². The third-order valence-corrected chi connectivity index (χ3v) is 2.61. The van der Waals surface area contributed by atoms with Gasteiger partial charge in [-0.2, -0.15) is 4.98 Å². The fourth-order valence-electron chi connectivity index (χ4n) is 1.75. The predicted molar refractivity (Wildman–Crippen MR) is 74.7 cm³/mol. The molecule has 1 aromatic heterocycles. The van der Waals surface area contributed by atoms with E-state index >= 15 is 0 Å². The third kappa shape index (κ3) is 3.32. The van der Waals surface area contributed by atoms with Crippen LogP contribution in [0.25, 0.3) is 11.6 Å². The Hall–Kier alpha value is -2.43. The highest BCUT2D eigenvalue weighted by Crippen LogP contribution is 2.19. The number of hydrogen-bond donors (Lipinski definition) is 0. The molecular weight excluding hydrogens is 256 g/mol. The summed E-state index contributed by atoms with van der Waals surface area (Å²) in [4.78, 5) is 16.1. The number of hydrogen-bond acceptors (Lipinski definition) is 5. The molecule has 0 unspecified atom stereocenters. The van der Waals surface area contributed by atoms with E-state index in [9.17, 15) is 4.79 Å². The average molecular weight is 272 g/mol. The Labute approximate surface area is 117 Å². The molecule has 2 rings (SSSR count). The molecule has 1 aromatic carbocycles. The maximum Gasteiger partial charge on any atom is 0.343 e. The van der Waals surface area contributed by atoms with Gasteiger partial charge in [0.2, 0.25) is 0 Å². The van der Waals surface area contributed by atoms with E-state index in [1.165, 1.54) is 0 Å². The summed E-state index contributed by atoms with van der Waals surface area (Å²) in [6, 6.07) is 7.76. The fourth-order valence-corrected chi connectivity index (χ4v) is 1.75. The second-order valence-corrected chi connectivity index (χ2v) is 4.34. The summed E-state index contributed by atoms with van der Waals surface area (Å²) in [5.74, 6) is 0.166. The van der Waals surface area contributed by atoms with Crippen molar-refractivity contribution in [1.29, 1.82) is 0 Å². The van der Waals surface area contributed by atoms with Crippen LogP contribution in [0.15, 0.2) is 28.8 Å². The highest BCUT2D eigenvalue weighted by atomic mass is 16.5. The van der Waals surface area contributed by atoms with Gasteiger partial charge in [0.1, 0.15) is 5.57 Å². The molecule has 0 fully saturated rings. The van der Waals surface area contributed by atoms with E-state index in [0.717, 1.165) is 11.1 Å². The highest BCUT2D eigenvalue weighted by molar-refractivity contribution is 6.20. The Morgan fingerprint density at radius 2 is 2.20 bits per heavy atom. The van der Waals surface area contributed by atoms with Gasteiger partial charge in [0.05, 0.1) is 6.61 Å². The van der Waals surface area contributed by atoms with Crippen molar-refractivity contribution in [3.63, 3.8) is 0 Å². The largest absolute Gasteiger partial charge is 0.462 e. The summed E-state index contributed by atoms with van der Waals surface area (Å²) in [5, 5.41) is 3.70. The number of ether oxygens (including phenoxy) is 1. The average Bonchev–Trinajstić information content (AvgIpc) is 2.83. The molecule has 5 nitrogen and oxygen atoms in total. The number of rotatable bonds is 4. The van der Waals surface area contributed by atoms with E-state index < -0.39 is 5.97 Å². The Kier molecular flexibility index (Phi) is 4.30. The molecule has 0 amide bonds. The minimum Gasteiger partial charge on any atom is -0.462 e. The van der Waals surface area contributed by atoms with Gasteiger partial charge in [0, 0.05) is 0 Å². The molecule has 2 aromatic rings. The third-order valence-electron chi connectivity index (χ3n) is 2.61. The molecule has 0 aliphatic heterocycles. The van der Waals surface area contributed by atoms with Crippen molar-refractivity contribution >= 4 is 17.6 Å². The minimum atomic E-state index is -0.474. The molecule has 5 heteroatoms. The zero-order chi connectivity index (χ0) is 14.5. The topological polar surface area (TPSA) is 65.2 Å². The first kappa shape index (κ1) is 14.0. The molecule has 1 heterocycles. The summed E-state index contributed by atoms with van der Waals surface area (Å²) in [5.41, 5.74) is 2.24. The van der Waals surface area contributed by atoms with E-state index in [0.29, 0.717) is 5.82 Å². The Bertz CT molecular complexity index is 644. The first-order valence-electron chi connectivity index (χ1n) is 6.36. The molecule has 0 saturated carbocycles. The number of carbonyl (C=O) groups excluding carboxylic acids is 1. The van der Waals surface area contributed by atoms with Crippen LogP contribution in [0.1, 0.15) is 29.8 Å². The molecule has 0 N–H and O–H groups in total. The molecule has 104 valence electrons. The maximum atomic E-state index is 12.0. The number of esters is 1. The smallest absolute Gasteiger partial charge is 0.343 e. The number of aromatic nitrogens is 2. The van der Waals surface area contributed by atoms with Gasteiger partial charge in [0.25, 0.3) is 5.89 Å². The molecular formula is C15H16N2O3. The first-order valence-corrected chi connectivity index (χ1v) is 6.36. The van der Waals surface area contributed by atoms with Crippen LogP contribution in [0.2, 0.25) is 0 Å². The van der Waals surface area contributed by atoms with Gasteiger partial charge in [-0.1, -0.05) is 35.0 Å². The van der Waals surface area contributed by atoms with Crippen LogP contribution in [-0.4, -0.2) is 22.7 Å². The molecule has 0 atom stereocenters. The van der Waals surface area contributed by atoms with Crippen molar-refractivity contribution in [3.8, 4) is 0 Å². The summed E-state index contributed by atoms with van der Waals surface area (Å²) in [7, 11) is 0. The van der Waals surface area contributed by atoms with E-state index in [1.54, 1.807) is 19.9 Å². The van der Waals surface area contributed by atoms with E-state index in [-0.39, 0.29) is 18.1 Å². The van der Waals surface area contributed by atoms with Crippen molar-refractivity contribution in [1.82, 2.24) is 10.1 Å². The highest BCUT2D eigenvalue weighted by Gasteiger charge is 2.19. The van der Waals surface area contributed by atoms with Crippen LogP contribution in [0.3, 0.4) is 0 Å². The zero-order valence-corrected chi connectivity index (χ0v) is 11.7. The number of carbonyl (C=O) groups is 1. The normalized spacial score (nSPS) is 11.4. The fraction of sp³-hybridized carbons (Fsp3) is 0.267. The minimum absolute atomic E-state index is 0.169. The lowest BCUT2D eigenvalue weighted by Gasteiger charge is -2.03. The molecule has 0 spiro atoms. The van der Waals surface area contributed by atoms with Crippen LogP contribution in [0, 0.1) is 13.8 Å². The van der Waals surface area contributed by atoms with E-state index in [1.807, 2.05) is 31.2 Å². The lowest BCUT2D eigenvalue weighted by atomic mass is 10.1. The number of benzene rings is 1. The van der Waals surface area contributed by atoms with Gasteiger partial charge in [0.15, 0.2) is 5.82 Å². The maximum absolute atomic E-state index is 12.0. The lowest BCUT2D eigenvalue weighted by molar-refractivity contribution is -0.136. The van der Waals surface area contributed by atoms with E-state index in [2.05, 4.69) is 10.1 Å². The summed E-state index contributed by atoms with van der Waals surface area (Å²) < 4.78 is 10.1. The predicted octanol–water partition coefficient (Wildman–Crippen LogP) is 2.79. The van der Waals surface area contributed by atoms with Crippen LogP contribution in [0.5, 0.6) is 0 Å². The van der Waals surface area contributed by atoms with Gasteiger partial charge >= 0.3 is 5.97 Å². The first-order chi connectivity index (χ1) is 9.60. The summed E-state index contributed by atoms with van der Waals surface area (Å²) in [6.45, 7) is 5.72. The lowest BCUT2D eigenvalue weighted by Crippen LogP contribution is -2.07. The van der Waals surface area contributed by atoms with Crippen LogP contribution < -0.4 is 0 Å². The van der Waals surface area contributed by atoms with Crippen molar-refractivity contribution < 1.29 is 14.1 Å². The Morgan fingerprint density at radius 1 is 1.40 bits per heavy atom. The second-order valence-electron chi connectivity index (χ2n) is 4.34. The summed E-state index contributed by atoms with van der Waals surface area (Å²) in [6.07, 6.45) is 1.69. The van der Waals surface area contributed by atoms with Crippen molar-refractivity contribution in [3.05, 3.63) is 47.1 Å². The summed E-state index contributed by atoms with van der Waals surface area (Å²) >= 11 is 0. The van der Waals surface area contributed by atoms with Gasteiger partial charge in [-0.15, -0.1) is 0 Å². The second kappa shape index (κ2) is 6.14. The standard InChI is InChI=1S/C15H16N2O3/c1-4-19-15(18)13(14-16-11(3)17-20-14)9-12-7-5-6-10(2)8-12/h5-9H,4H2,1-3H3/b13-9-. The van der Waals surface area contributed by atoms with Crippen molar-refractivity contribution in [2.75, 3.05) is 6.61 Å². The molecule has 20 heavy (non-hydrogen) atoms. The molecule has 0 bridgehead atoms. The van der Waals surface area contributed by atoms with E-state index in [4.69, 9.17) is 9.26 Å². The number of nitrogens with zero attached hydrogens (tertiary/aromatic N) is 2. The molecule has 0 radical (unpaired) electrons. The van der Waals surface area contributed by atoms with Crippen LogP contribution in [0.4, 0.5) is 0 Å². The van der Waals surface area contributed by atoms with Gasteiger partial charge < -0.3 is 9.26 Å². The van der Waals surface area contributed by atoms with Crippen LogP contribution >= 0.6 is 0 Å². The van der Waals surface area contributed by atoms with Gasteiger partial charge in [-0.05, 0) is 32.4 Å². The molecule has 0 aliphatic rings. The quantitative estimate of drug-likeness (QED) is 0.632. The monoisotopic (exact) mass is 272 g/mol. The van der Waals surface area contributed by atoms with Gasteiger partial charge in [-0.25, -0.2) is 4.79 Å². The molecule has 0 saturated heterocycles. The Morgan fingerprint density at radius 3 is 2.80 bits per heavy atom. The SMILES string of the molecule is CCOC(=O)/C(=C\c1cccc(C)c1)c1nc(C)no1. The zero-order valence-electron chi connectivity index (χ0n) is 11.7. The van der Waals surface area contributed by atoms with Crippen molar-refractivity contribution in [2.24, 2.45) is 0 Å². The molecule has 0 aliphatic carbocycles. The van der Waals surface area contributed by atoms with Crippen molar-refractivity contribution in [2.45, 2.75) is 20.8 Å². The number of aryl methyl sites for hydroxylation is 2.